The molecule has 0 aliphatic carbocycles. The first-order chi connectivity index (χ1) is 15.2. The Morgan fingerprint density at radius 2 is 1.94 bits per heavy atom. The van der Waals surface area contributed by atoms with E-state index in [9.17, 15) is 9.59 Å². The summed E-state index contributed by atoms with van der Waals surface area (Å²) < 4.78 is 10.3. The standard InChI is InChI=1S/C22H25N5O4.ClH/c1-30-12-2-8-24-21(28)17-7-9-23-20-18(17)25-19(26-20)15-3-5-16(6-4-15)22(29)27-10-13-31-14-11-27;/h3-7,9H,2,8,10-14H2,1H3,(H,24,28)(H,23,25,26);1H. The molecule has 1 saturated heterocycles. The number of fused-ring (bicyclic) bond motifs is 1. The summed E-state index contributed by atoms with van der Waals surface area (Å²) in [6.07, 6.45) is 2.32. The normalized spacial score (nSPS) is 13.6. The minimum absolute atomic E-state index is 0. The average Bonchev–Trinajstić information content (AvgIpc) is 3.26. The predicted octanol–water partition coefficient (Wildman–Crippen LogP) is 2.29. The second-order valence-electron chi connectivity index (χ2n) is 7.23. The number of morpholine rings is 1. The number of carbonyl (C=O) groups is 2. The van der Waals surface area contributed by atoms with Crippen LogP contribution in [-0.2, 0) is 9.47 Å². The first-order valence-corrected chi connectivity index (χ1v) is 10.3. The van der Waals surface area contributed by atoms with Gasteiger partial charge in [0, 0.05) is 50.7 Å². The zero-order chi connectivity index (χ0) is 21.6. The van der Waals surface area contributed by atoms with Gasteiger partial charge in [0.1, 0.15) is 11.3 Å². The van der Waals surface area contributed by atoms with Crippen LogP contribution in [0.4, 0.5) is 0 Å². The Labute approximate surface area is 191 Å². The van der Waals surface area contributed by atoms with Gasteiger partial charge in [-0.15, -0.1) is 12.4 Å². The van der Waals surface area contributed by atoms with Crippen LogP contribution in [0, 0.1) is 0 Å². The quantitative estimate of drug-likeness (QED) is 0.524. The van der Waals surface area contributed by atoms with Crippen LogP contribution in [0.3, 0.4) is 0 Å². The van der Waals surface area contributed by atoms with Crippen LogP contribution in [-0.4, -0.2) is 78.2 Å². The molecule has 2 amide bonds. The fraction of sp³-hybridized carbons (Fsp3) is 0.364. The van der Waals surface area contributed by atoms with Crippen LogP contribution in [0.15, 0.2) is 36.5 Å². The molecule has 0 radical (unpaired) electrons. The van der Waals surface area contributed by atoms with Crippen LogP contribution in [0.1, 0.15) is 27.1 Å². The van der Waals surface area contributed by atoms with Gasteiger partial charge in [-0.3, -0.25) is 9.59 Å². The van der Waals surface area contributed by atoms with Crippen molar-refractivity contribution in [2.75, 3.05) is 46.6 Å². The van der Waals surface area contributed by atoms with Crippen molar-refractivity contribution in [2.24, 2.45) is 0 Å². The van der Waals surface area contributed by atoms with Gasteiger partial charge in [-0.2, -0.15) is 0 Å². The highest BCUT2D eigenvalue weighted by molar-refractivity contribution is 6.04. The van der Waals surface area contributed by atoms with Crippen molar-refractivity contribution in [3.8, 4) is 11.4 Å². The summed E-state index contributed by atoms with van der Waals surface area (Å²) in [5, 5.41) is 2.87. The maximum atomic E-state index is 12.6. The molecule has 0 spiro atoms. The molecule has 4 rings (SSSR count). The lowest BCUT2D eigenvalue weighted by molar-refractivity contribution is 0.0303. The molecule has 170 valence electrons. The number of imidazole rings is 1. The number of aromatic nitrogens is 3. The largest absolute Gasteiger partial charge is 0.385 e. The lowest BCUT2D eigenvalue weighted by Gasteiger charge is -2.26. The van der Waals surface area contributed by atoms with Crippen molar-refractivity contribution < 1.29 is 19.1 Å². The number of carbonyl (C=O) groups excluding carboxylic acids is 2. The molecule has 9 nitrogen and oxygen atoms in total. The number of nitrogens with zero attached hydrogens (tertiary/aromatic N) is 3. The van der Waals surface area contributed by atoms with Gasteiger partial charge in [0.2, 0.25) is 0 Å². The highest BCUT2D eigenvalue weighted by Crippen LogP contribution is 2.22. The van der Waals surface area contributed by atoms with Gasteiger partial charge in [0.15, 0.2) is 5.65 Å². The first-order valence-electron chi connectivity index (χ1n) is 10.3. The Kier molecular flexibility index (Phi) is 8.15. The summed E-state index contributed by atoms with van der Waals surface area (Å²) in [7, 11) is 1.63. The number of aromatic amines is 1. The van der Waals surface area contributed by atoms with Crippen molar-refractivity contribution in [1.82, 2.24) is 25.2 Å². The second-order valence-corrected chi connectivity index (χ2v) is 7.23. The van der Waals surface area contributed by atoms with Crippen molar-refractivity contribution in [1.29, 1.82) is 0 Å². The van der Waals surface area contributed by atoms with E-state index in [0.29, 0.717) is 67.6 Å². The summed E-state index contributed by atoms with van der Waals surface area (Å²) >= 11 is 0. The molecular formula is C22H26ClN5O4. The molecule has 3 aromatic rings. The van der Waals surface area contributed by atoms with Gasteiger partial charge < -0.3 is 24.7 Å². The number of benzene rings is 1. The molecule has 1 fully saturated rings. The minimum Gasteiger partial charge on any atom is -0.385 e. The Bertz CT molecular complexity index is 1060. The zero-order valence-electron chi connectivity index (χ0n) is 17.8. The van der Waals surface area contributed by atoms with Gasteiger partial charge >= 0.3 is 0 Å². The molecule has 1 aliphatic rings. The third kappa shape index (κ3) is 5.24. The molecule has 0 saturated carbocycles. The van der Waals surface area contributed by atoms with E-state index >= 15 is 0 Å². The number of ether oxygens (including phenoxy) is 2. The zero-order valence-corrected chi connectivity index (χ0v) is 18.6. The van der Waals surface area contributed by atoms with Crippen LogP contribution in [0.25, 0.3) is 22.6 Å². The summed E-state index contributed by atoms with van der Waals surface area (Å²) in [5.74, 6) is 0.383. The lowest BCUT2D eigenvalue weighted by Crippen LogP contribution is -2.40. The number of hydrogen-bond donors (Lipinski definition) is 2. The number of nitrogens with one attached hydrogen (secondary N) is 2. The van der Waals surface area contributed by atoms with E-state index < -0.39 is 0 Å². The number of methoxy groups -OCH3 is 1. The summed E-state index contributed by atoms with van der Waals surface area (Å²) in [6, 6.07) is 8.92. The van der Waals surface area contributed by atoms with Gasteiger partial charge in [0.25, 0.3) is 11.8 Å². The molecule has 0 unspecified atom stereocenters. The third-order valence-electron chi connectivity index (χ3n) is 5.14. The Balaban J connectivity index is 0.00000289. The second kappa shape index (κ2) is 11.0. The van der Waals surface area contributed by atoms with Crippen LogP contribution >= 0.6 is 12.4 Å². The van der Waals surface area contributed by atoms with Crippen molar-refractivity contribution >= 4 is 35.4 Å². The minimum atomic E-state index is -0.201. The van der Waals surface area contributed by atoms with E-state index in [4.69, 9.17) is 9.47 Å². The number of pyridine rings is 1. The Morgan fingerprint density at radius 1 is 1.19 bits per heavy atom. The van der Waals surface area contributed by atoms with Crippen molar-refractivity contribution in [2.45, 2.75) is 6.42 Å². The predicted molar refractivity (Wildman–Crippen MR) is 122 cm³/mol. The first kappa shape index (κ1) is 23.6. The Morgan fingerprint density at radius 3 is 2.66 bits per heavy atom. The molecule has 0 atom stereocenters. The molecule has 0 bridgehead atoms. The van der Waals surface area contributed by atoms with E-state index in [-0.39, 0.29) is 24.2 Å². The molecule has 1 aliphatic heterocycles. The van der Waals surface area contributed by atoms with E-state index in [1.807, 2.05) is 12.1 Å². The van der Waals surface area contributed by atoms with Crippen LogP contribution < -0.4 is 5.32 Å². The average molecular weight is 460 g/mol. The lowest BCUT2D eigenvalue weighted by atomic mass is 10.1. The molecular weight excluding hydrogens is 434 g/mol. The molecule has 3 heterocycles. The molecule has 2 N–H and O–H groups in total. The van der Waals surface area contributed by atoms with Gasteiger partial charge in [-0.1, -0.05) is 12.1 Å². The van der Waals surface area contributed by atoms with E-state index in [1.165, 1.54) is 0 Å². The molecule has 2 aromatic heterocycles. The van der Waals surface area contributed by atoms with E-state index in [1.54, 1.807) is 36.4 Å². The SMILES string of the molecule is COCCCNC(=O)c1ccnc2[nH]c(-c3ccc(C(=O)N4CCOCC4)cc3)nc12.Cl. The summed E-state index contributed by atoms with van der Waals surface area (Å²) in [4.78, 5) is 39.0. The highest BCUT2D eigenvalue weighted by atomic mass is 35.5. The van der Waals surface area contributed by atoms with Crippen LogP contribution in [0.2, 0.25) is 0 Å². The maximum absolute atomic E-state index is 12.6. The number of rotatable bonds is 7. The van der Waals surface area contributed by atoms with Crippen molar-refractivity contribution in [3.63, 3.8) is 0 Å². The smallest absolute Gasteiger partial charge is 0.254 e. The van der Waals surface area contributed by atoms with Gasteiger partial charge in [-0.05, 0) is 24.6 Å². The third-order valence-corrected chi connectivity index (χ3v) is 5.14. The van der Waals surface area contributed by atoms with Gasteiger partial charge in [-0.25, -0.2) is 9.97 Å². The van der Waals surface area contributed by atoms with Gasteiger partial charge in [0.05, 0.1) is 18.8 Å². The Hall–Kier alpha value is -3.01. The summed E-state index contributed by atoms with van der Waals surface area (Å²) in [5.41, 5.74) is 2.94. The monoisotopic (exact) mass is 459 g/mol. The van der Waals surface area contributed by atoms with Crippen molar-refractivity contribution in [3.05, 3.63) is 47.7 Å². The van der Waals surface area contributed by atoms with Crippen LogP contribution in [0.5, 0.6) is 0 Å². The van der Waals surface area contributed by atoms with E-state index in [2.05, 4.69) is 20.3 Å². The summed E-state index contributed by atoms with van der Waals surface area (Å²) in [6.45, 7) is 3.45. The molecule has 10 heteroatoms. The number of halogens is 1. The molecule has 1 aromatic carbocycles. The fourth-order valence-electron chi connectivity index (χ4n) is 3.46. The number of H-pyrrole nitrogens is 1. The van der Waals surface area contributed by atoms with E-state index in [0.717, 1.165) is 12.0 Å². The maximum Gasteiger partial charge on any atom is 0.254 e. The molecule has 32 heavy (non-hydrogen) atoms. The topological polar surface area (TPSA) is 109 Å². The number of hydrogen-bond acceptors (Lipinski definition) is 6. The number of amides is 2. The highest BCUT2D eigenvalue weighted by Gasteiger charge is 2.19. The fourth-order valence-corrected chi connectivity index (χ4v) is 3.46.